The van der Waals surface area contributed by atoms with Gasteiger partial charge in [-0.25, -0.2) is 0 Å². The van der Waals surface area contributed by atoms with Gasteiger partial charge in [-0.3, -0.25) is 9.59 Å². The van der Waals surface area contributed by atoms with Gasteiger partial charge in [0.2, 0.25) is 0 Å². The topological polar surface area (TPSA) is 70.7 Å². The predicted molar refractivity (Wildman–Crippen MR) is 99.2 cm³/mol. The maximum Gasteiger partial charge on any atom is 0.314 e. The highest BCUT2D eigenvalue weighted by Crippen LogP contribution is 2.32. The molecule has 2 N–H and O–H groups in total. The first kappa shape index (κ1) is 15.0. The van der Waals surface area contributed by atoms with E-state index in [1.807, 2.05) is 26.0 Å². The molecule has 0 aliphatic heterocycles. The van der Waals surface area contributed by atoms with Gasteiger partial charge in [-0.15, -0.1) is 0 Å². The van der Waals surface area contributed by atoms with Crippen LogP contribution in [0.1, 0.15) is 11.4 Å². The SMILES string of the molecule is Cc1ccc(C)n1-c1cc(Br)c2ccc3[nH]c(=O)c(=O)[nH]c3c2c1. The van der Waals surface area contributed by atoms with E-state index in [1.165, 1.54) is 0 Å². The van der Waals surface area contributed by atoms with Gasteiger partial charge in [-0.05, 0) is 49.6 Å². The van der Waals surface area contributed by atoms with Crippen molar-refractivity contribution < 1.29 is 0 Å². The van der Waals surface area contributed by atoms with Crippen molar-refractivity contribution in [2.24, 2.45) is 0 Å². The Bertz CT molecular complexity index is 1210. The van der Waals surface area contributed by atoms with Crippen molar-refractivity contribution in [3.63, 3.8) is 0 Å². The molecule has 2 aromatic heterocycles. The second-order valence-corrected chi connectivity index (χ2v) is 6.72. The van der Waals surface area contributed by atoms with Gasteiger partial charge in [0.15, 0.2) is 0 Å². The molecule has 120 valence electrons. The van der Waals surface area contributed by atoms with Crippen LogP contribution >= 0.6 is 15.9 Å². The number of nitrogens with zero attached hydrogens (tertiary/aromatic N) is 1. The average Bonchev–Trinajstić information content (AvgIpc) is 2.87. The second kappa shape index (κ2) is 5.21. The molecule has 4 aromatic rings. The number of benzene rings is 2. The predicted octanol–water partition coefficient (Wildman–Crippen LogP) is 3.54. The average molecular weight is 384 g/mol. The van der Waals surface area contributed by atoms with Crippen molar-refractivity contribution in [1.82, 2.24) is 14.5 Å². The Morgan fingerprint density at radius 1 is 0.875 bits per heavy atom. The van der Waals surface area contributed by atoms with E-state index < -0.39 is 11.1 Å². The van der Waals surface area contributed by atoms with Crippen LogP contribution in [0, 0.1) is 13.8 Å². The number of rotatable bonds is 1. The minimum Gasteiger partial charge on any atom is -0.318 e. The smallest absolute Gasteiger partial charge is 0.314 e. The molecule has 0 radical (unpaired) electrons. The summed E-state index contributed by atoms with van der Waals surface area (Å²) in [6.07, 6.45) is 0. The Morgan fingerprint density at radius 3 is 2.25 bits per heavy atom. The van der Waals surface area contributed by atoms with Gasteiger partial charge in [-0.2, -0.15) is 0 Å². The fraction of sp³-hybridized carbons (Fsp3) is 0.111. The Labute approximate surface area is 145 Å². The summed E-state index contributed by atoms with van der Waals surface area (Å²) in [5.41, 5.74) is 3.19. The molecule has 0 aliphatic rings. The van der Waals surface area contributed by atoms with Crippen LogP contribution in [0.4, 0.5) is 0 Å². The summed E-state index contributed by atoms with van der Waals surface area (Å²) < 4.78 is 3.07. The monoisotopic (exact) mass is 383 g/mol. The van der Waals surface area contributed by atoms with E-state index >= 15 is 0 Å². The Hall–Kier alpha value is -2.60. The van der Waals surface area contributed by atoms with E-state index in [-0.39, 0.29) is 0 Å². The summed E-state index contributed by atoms with van der Waals surface area (Å²) in [7, 11) is 0. The lowest BCUT2D eigenvalue weighted by molar-refractivity contribution is 0.967. The molecule has 2 aromatic carbocycles. The molecule has 0 amide bonds. The van der Waals surface area contributed by atoms with Gasteiger partial charge in [0.1, 0.15) is 0 Å². The van der Waals surface area contributed by atoms with Gasteiger partial charge in [0.05, 0.1) is 11.0 Å². The van der Waals surface area contributed by atoms with Crippen LogP contribution in [0.2, 0.25) is 0 Å². The van der Waals surface area contributed by atoms with Crippen LogP contribution in [0.15, 0.2) is 50.5 Å². The summed E-state index contributed by atoms with van der Waals surface area (Å²) in [6, 6.07) is 11.9. The van der Waals surface area contributed by atoms with E-state index in [4.69, 9.17) is 0 Å². The van der Waals surface area contributed by atoms with Crippen molar-refractivity contribution in [2.75, 3.05) is 0 Å². The third-order valence-corrected chi connectivity index (χ3v) is 4.95. The van der Waals surface area contributed by atoms with E-state index in [0.717, 1.165) is 32.3 Å². The number of H-pyrrole nitrogens is 2. The number of aryl methyl sites for hydroxylation is 2. The summed E-state index contributed by atoms with van der Waals surface area (Å²) in [5, 5.41) is 1.84. The zero-order valence-electron chi connectivity index (χ0n) is 13.1. The summed E-state index contributed by atoms with van der Waals surface area (Å²) in [6.45, 7) is 4.10. The number of hydrogen-bond acceptors (Lipinski definition) is 2. The van der Waals surface area contributed by atoms with Crippen molar-refractivity contribution in [1.29, 1.82) is 0 Å². The largest absolute Gasteiger partial charge is 0.318 e. The van der Waals surface area contributed by atoms with Crippen molar-refractivity contribution in [3.05, 3.63) is 73.0 Å². The van der Waals surface area contributed by atoms with Crippen LogP contribution in [0.5, 0.6) is 0 Å². The van der Waals surface area contributed by atoms with E-state index in [0.29, 0.717) is 11.0 Å². The number of aromatic amines is 2. The normalized spacial score (nSPS) is 11.5. The molecule has 0 aliphatic carbocycles. The second-order valence-electron chi connectivity index (χ2n) is 5.87. The van der Waals surface area contributed by atoms with Gasteiger partial charge in [0.25, 0.3) is 0 Å². The Kier molecular flexibility index (Phi) is 3.25. The lowest BCUT2D eigenvalue weighted by atomic mass is 10.1. The Balaban J connectivity index is 2.17. The first-order valence-corrected chi connectivity index (χ1v) is 8.29. The van der Waals surface area contributed by atoms with Gasteiger partial charge in [0, 0.05) is 26.9 Å². The minimum atomic E-state index is -0.648. The molecule has 6 heteroatoms. The van der Waals surface area contributed by atoms with Crippen molar-refractivity contribution in [3.8, 4) is 5.69 Å². The molecule has 5 nitrogen and oxygen atoms in total. The zero-order chi connectivity index (χ0) is 17.0. The van der Waals surface area contributed by atoms with Crippen molar-refractivity contribution in [2.45, 2.75) is 13.8 Å². The van der Waals surface area contributed by atoms with Crippen LogP contribution in [0.3, 0.4) is 0 Å². The zero-order valence-corrected chi connectivity index (χ0v) is 14.7. The molecule has 0 unspecified atom stereocenters. The third kappa shape index (κ3) is 2.14. The van der Waals surface area contributed by atoms with Crippen LogP contribution < -0.4 is 11.1 Å². The lowest BCUT2D eigenvalue weighted by Crippen LogP contribution is -2.28. The van der Waals surface area contributed by atoms with E-state index in [1.54, 1.807) is 6.07 Å². The number of hydrogen-bond donors (Lipinski definition) is 2. The number of halogens is 1. The quantitative estimate of drug-likeness (QED) is 0.389. The minimum absolute atomic E-state index is 0.608. The molecule has 24 heavy (non-hydrogen) atoms. The maximum atomic E-state index is 11.8. The van der Waals surface area contributed by atoms with Gasteiger partial charge in [-0.1, -0.05) is 22.0 Å². The highest BCUT2D eigenvalue weighted by molar-refractivity contribution is 9.10. The summed E-state index contributed by atoms with van der Waals surface area (Å²) in [4.78, 5) is 28.7. The van der Waals surface area contributed by atoms with Gasteiger partial charge < -0.3 is 14.5 Å². The molecule has 0 atom stereocenters. The third-order valence-electron chi connectivity index (χ3n) is 4.29. The van der Waals surface area contributed by atoms with E-state index in [2.05, 4.69) is 48.7 Å². The molecular weight excluding hydrogens is 370 g/mol. The lowest BCUT2D eigenvalue weighted by Gasteiger charge is -2.13. The van der Waals surface area contributed by atoms with Crippen LogP contribution in [-0.2, 0) is 0 Å². The molecule has 4 rings (SSSR count). The molecule has 0 bridgehead atoms. The Morgan fingerprint density at radius 2 is 1.54 bits per heavy atom. The molecule has 2 heterocycles. The molecule has 0 saturated heterocycles. The molecule has 0 spiro atoms. The molecule has 0 fully saturated rings. The summed E-state index contributed by atoms with van der Waals surface area (Å²) >= 11 is 3.62. The van der Waals surface area contributed by atoms with Crippen LogP contribution in [0.25, 0.3) is 27.5 Å². The van der Waals surface area contributed by atoms with Crippen molar-refractivity contribution >= 4 is 37.7 Å². The number of fused-ring (bicyclic) bond motifs is 3. The standard InChI is InChI=1S/C18H14BrN3O2/c1-9-3-4-10(2)22(9)11-7-13-12(14(19)8-11)5-6-15-16(13)21-18(24)17(23)20-15/h3-8H,1-2H3,(H,20,23)(H,21,24). The number of aromatic nitrogens is 3. The first-order valence-electron chi connectivity index (χ1n) is 7.49. The highest BCUT2D eigenvalue weighted by atomic mass is 79.9. The maximum absolute atomic E-state index is 11.8. The van der Waals surface area contributed by atoms with Crippen LogP contribution in [-0.4, -0.2) is 14.5 Å². The fourth-order valence-electron chi connectivity index (χ4n) is 3.17. The van der Waals surface area contributed by atoms with Gasteiger partial charge >= 0.3 is 11.1 Å². The fourth-order valence-corrected chi connectivity index (χ4v) is 3.75. The first-order chi connectivity index (χ1) is 11.5. The molecule has 0 saturated carbocycles. The summed E-state index contributed by atoms with van der Waals surface area (Å²) in [5.74, 6) is 0. The molecular formula is C18H14BrN3O2. The highest BCUT2D eigenvalue weighted by Gasteiger charge is 2.11. The van der Waals surface area contributed by atoms with E-state index in [9.17, 15) is 9.59 Å². The number of nitrogens with one attached hydrogen (secondary N) is 2.